The summed E-state index contributed by atoms with van der Waals surface area (Å²) in [7, 11) is 1.81. The molecule has 0 aliphatic carbocycles. The zero-order chi connectivity index (χ0) is 15.6. The van der Waals surface area contributed by atoms with Gasteiger partial charge in [-0.1, -0.05) is 32.0 Å². The summed E-state index contributed by atoms with van der Waals surface area (Å²) in [6, 6.07) is 7.60. The quantitative estimate of drug-likeness (QED) is 0.886. The Labute approximate surface area is 125 Å². The van der Waals surface area contributed by atoms with Gasteiger partial charge in [0.25, 0.3) is 5.91 Å². The van der Waals surface area contributed by atoms with Crippen LogP contribution in [0.5, 0.6) is 0 Å². The van der Waals surface area contributed by atoms with Gasteiger partial charge >= 0.3 is 0 Å². The molecule has 1 aromatic carbocycles. The number of rotatable bonds is 5. The monoisotopic (exact) mass is 289 g/mol. The molecule has 2 rings (SSSR count). The third-order valence-electron chi connectivity index (χ3n) is 3.45. The molecule has 0 aliphatic heterocycles. The molecular weight excluding hydrogens is 266 g/mol. The van der Waals surface area contributed by atoms with Gasteiger partial charge in [0.2, 0.25) is 0 Å². The van der Waals surface area contributed by atoms with Crippen molar-refractivity contribution < 1.29 is 9.90 Å². The fourth-order valence-corrected chi connectivity index (χ4v) is 2.69. The van der Waals surface area contributed by atoms with Crippen molar-refractivity contribution in [3.05, 3.63) is 30.0 Å². The number of aromatic nitrogens is 2. The smallest absolute Gasteiger partial charge is 0.272 e. The Bertz CT molecular complexity index is 644. The van der Waals surface area contributed by atoms with Crippen LogP contribution >= 0.6 is 0 Å². The first kappa shape index (κ1) is 15.5. The van der Waals surface area contributed by atoms with Gasteiger partial charge < -0.3 is 10.4 Å². The predicted molar refractivity (Wildman–Crippen MR) is 83.1 cm³/mol. The number of para-hydroxylation sites is 1. The topological polar surface area (TPSA) is 67.2 Å². The Balaban J connectivity index is 2.13. The van der Waals surface area contributed by atoms with Gasteiger partial charge in [0, 0.05) is 19.0 Å². The van der Waals surface area contributed by atoms with Crippen LogP contribution in [0.3, 0.4) is 0 Å². The largest absolute Gasteiger partial charge is 0.388 e. The molecule has 2 N–H and O–H groups in total. The van der Waals surface area contributed by atoms with Crippen LogP contribution in [0, 0.1) is 5.92 Å². The zero-order valence-corrected chi connectivity index (χ0v) is 13.1. The summed E-state index contributed by atoms with van der Waals surface area (Å²) < 4.78 is 1.69. The Kier molecular flexibility index (Phi) is 4.32. The number of aryl methyl sites for hydroxylation is 1. The molecule has 21 heavy (non-hydrogen) atoms. The molecule has 0 radical (unpaired) electrons. The van der Waals surface area contributed by atoms with Gasteiger partial charge in [-0.2, -0.15) is 5.10 Å². The minimum atomic E-state index is -0.908. The number of fused-ring (bicyclic) bond motifs is 1. The van der Waals surface area contributed by atoms with Crippen LogP contribution in [-0.4, -0.2) is 32.9 Å². The summed E-state index contributed by atoms with van der Waals surface area (Å²) in [4.78, 5) is 12.3. The lowest BCUT2D eigenvalue weighted by Gasteiger charge is -2.25. The number of hydrogen-bond donors (Lipinski definition) is 2. The highest BCUT2D eigenvalue weighted by Gasteiger charge is 2.24. The molecule has 1 aromatic heterocycles. The number of benzene rings is 1. The molecule has 5 nitrogen and oxygen atoms in total. The van der Waals surface area contributed by atoms with Crippen molar-refractivity contribution in [1.82, 2.24) is 15.1 Å². The minimum Gasteiger partial charge on any atom is -0.388 e. The van der Waals surface area contributed by atoms with Gasteiger partial charge in [0.1, 0.15) is 0 Å². The van der Waals surface area contributed by atoms with Crippen LogP contribution in [-0.2, 0) is 7.05 Å². The van der Waals surface area contributed by atoms with E-state index in [9.17, 15) is 9.90 Å². The molecule has 0 fully saturated rings. The normalized spacial score (nSPS) is 14.4. The maximum atomic E-state index is 12.3. The third-order valence-corrected chi connectivity index (χ3v) is 3.45. The summed E-state index contributed by atoms with van der Waals surface area (Å²) in [5, 5.41) is 18.1. The van der Waals surface area contributed by atoms with E-state index in [0.717, 1.165) is 10.9 Å². The van der Waals surface area contributed by atoms with Crippen LogP contribution < -0.4 is 5.32 Å². The lowest BCUT2D eigenvalue weighted by molar-refractivity contribution is 0.0367. The van der Waals surface area contributed by atoms with Crippen molar-refractivity contribution in [2.45, 2.75) is 32.8 Å². The van der Waals surface area contributed by atoms with E-state index in [0.29, 0.717) is 18.0 Å². The van der Waals surface area contributed by atoms with E-state index in [2.05, 4.69) is 10.4 Å². The number of aliphatic hydroxyl groups is 1. The first-order valence-corrected chi connectivity index (χ1v) is 7.22. The minimum absolute atomic E-state index is 0.217. The van der Waals surface area contributed by atoms with Crippen molar-refractivity contribution >= 4 is 16.8 Å². The highest BCUT2D eigenvalue weighted by molar-refractivity contribution is 6.04. The second kappa shape index (κ2) is 5.85. The number of nitrogens with zero attached hydrogens (tertiary/aromatic N) is 2. The van der Waals surface area contributed by atoms with E-state index < -0.39 is 5.60 Å². The summed E-state index contributed by atoms with van der Waals surface area (Å²) >= 11 is 0. The molecule has 0 saturated carbocycles. The Morgan fingerprint density at radius 1 is 1.43 bits per heavy atom. The Morgan fingerprint density at radius 2 is 2.10 bits per heavy atom. The third kappa shape index (κ3) is 3.61. The molecule has 0 aliphatic rings. The van der Waals surface area contributed by atoms with Crippen molar-refractivity contribution in [1.29, 1.82) is 0 Å². The van der Waals surface area contributed by atoms with Gasteiger partial charge in [0.05, 0.1) is 11.1 Å². The van der Waals surface area contributed by atoms with Crippen LogP contribution in [0.4, 0.5) is 0 Å². The lowest BCUT2D eigenvalue weighted by atomic mass is 9.94. The van der Waals surface area contributed by atoms with Gasteiger partial charge in [-0.25, -0.2) is 0 Å². The molecule has 1 amide bonds. The van der Waals surface area contributed by atoms with Gasteiger partial charge in [-0.15, -0.1) is 0 Å². The Hall–Kier alpha value is -1.88. The summed E-state index contributed by atoms with van der Waals surface area (Å²) in [5.74, 6) is 0.114. The molecule has 1 unspecified atom stereocenters. The van der Waals surface area contributed by atoms with E-state index in [4.69, 9.17) is 0 Å². The number of hydrogen-bond acceptors (Lipinski definition) is 3. The van der Waals surface area contributed by atoms with Crippen molar-refractivity contribution in [3.63, 3.8) is 0 Å². The first-order chi connectivity index (χ1) is 9.80. The fraction of sp³-hybridized carbons (Fsp3) is 0.500. The van der Waals surface area contributed by atoms with Crippen molar-refractivity contribution in [3.8, 4) is 0 Å². The van der Waals surface area contributed by atoms with Crippen LogP contribution in [0.25, 0.3) is 10.9 Å². The number of carbonyl (C=O) groups excluding carboxylic acids is 1. The second-order valence-corrected chi connectivity index (χ2v) is 6.27. The zero-order valence-electron chi connectivity index (χ0n) is 13.1. The maximum Gasteiger partial charge on any atom is 0.272 e. The second-order valence-electron chi connectivity index (χ2n) is 6.27. The molecule has 0 saturated heterocycles. The van der Waals surface area contributed by atoms with E-state index in [-0.39, 0.29) is 12.5 Å². The lowest BCUT2D eigenvalue weighted by Crippen LogP contribution is -2.41. The average Bonchev–Trinajstić information content (AvgIpc) is 2.73. The molecule has 0 spiro atoms. The molecule has 1 atom stereocenters. The van der Waals surface area contributed by atoms with Crippen molar-refractivity contribution in [2.24, 2.45) is 13.0 Å². The highest BCUT2D eigenvalue weighted by Crippen LogP contribution is 2.18. The van der Waals surface area contributed by atoms with E-state index in [1.54, 1.807) is 11.6 Å². The fourth-order valence-electron chi connectivity index (χ4n) is 2.69. The molecule has 0 bridgehead atoms. The van der Waals surface area contributed by atoms with Crippen LogP contribution in [0.1, 0.15) is 37.7 Å². The maximum absolute atomic E-state index is 12.3. The predicted octanol–water partition coefficient (Wildman–Crippen LogP) is 2.10. The van der Waals surface area contributed by atoms with Gasteiger partial charge in [-0.3, -0.25) is 9.48 Å². The van der Waals surface area contributed by atoms with E-state index in [1.165, 1.54) is 0 Å². The molecule has 114 valence electrons. The summed E-state index contributed by atoms with van der Waals surface area (Å²) in [6.07, 6.45) is 0.635. The number of amides is 1. The van der Waals surface area contributed by atoms with Crippen LogP contribution in [0.15, 0.2) is 24.3 Å². The average molecular weight is 289 g/mol. The molecule has 1 heterocycles. The van der Waals surface area contributed by atoms with E-state index in [1.807, 2.05) is 45.2 Å². The van der Waals surface area contributed by atoms with Crippen LogP contribution in [0.2, 0.25) is 0 Å². The molecule has 2 aromatic rings. The summed E-state index contributed by atoms with van der Waals surface area (Å²) in [5.41, 5.74) is 0.402. The number of carbonyl (C=O) groups is 1. The number of nitrogens with one attached hydrogen (secondary N) is 1. The molecule has 5 heteroatoms. The van der Waals surface area contributed by atoms with Crippen molar-refractivity contribution in [2.75, 3.05) is 6.54 Å². The highest BCUT2D eigenvalue weighted by atomic mass is 16.3. The molecular formula is C16H23N3O2. The standard InChI is InChI=1S/C16H23N3O2/c1-11(2)9-16(3,21)10-17-15(20)14-12-7-5-6-8-13(12)19(4)18-14/h5-8,11,21H,9-10H2,1-4H3,(H,17,20). The summed E-state index contributed by atoms with van der Waals surface area (Å²) in [6.45, 7) is 6.05. The van der Waals surface area contributed by atoms with Gasteiger partial charge in [0.15, 0.2) is 5.69 Å². The first-order valence-electron chi connectivity index (χ1n) is 7.22. The Morgan fingerprint density at radius 3 is 2.76 bits per heavy atom. The van der Waals surface area contributed by atoms with Gasteiger partial charge in [-0.05, 0) is 25.3 Å². The van der Waals surface area contributed by atoms with E-state index >= 15 is 0 Å². The SMILES string of the molecule is CC(C)CC(C)(O)CNC(=O)c1nn(C)c2ccccc12.